The predicted molar refractivity (Wildman–Crippen MR) is 82.5 cm³/mol. The van der Waals surface area contributed by atoms with E-state index < -0.39 is 0 Å². The molecule has 0 spiro atoms. The molecule has 116 valence electrons. The van der Waals surface area contributed by atoms with Crippen molar-refractivity contribution in [2.75, 3.05) is 33.0 Å². The summed E-state index contributed by atoms with van der Waals surface area (Å²) in [5, 5.41) is 0. The third kappa shape index (κ3) is 17.9. The van der Waals surface area contributed by atoms with Crippen LogP contribution < -0.4 is 5.73 Å². The van der Waals surface area contributed by atoms with Gasteiger partial charge in [-0.3, -0.25) is 0 Å². The molecule has 0 aromatic carbocycles. The van der Waals surface area contributed by atoms with Crippen LogP contribution in [0.1, 0.15) is 71.1 Å². The van der Waals surface area contributed by atoms with Gasteiger partial charge in [0.15, 0.2) is 0 Å². The lowest BCUT2D eigenvalue weighted by Gasteiger charge is -2.05. The van der Waals surface area contributed by atoms with Crippen molar-refractivity contribution in [2.45, 2.75) is 71.1 Å². The van der Waals surface area contributed by atoms with Gasteiger partial charge in [-0.05, 0) is 25.8 Å². The van der Waals surface area contributed by atoms with E-state index in [0.717, 1.165) is 39.4 Å². The maximum absolute atomic E-state index is 5.52. The van der Waals surface area contributed by atoms with Crippen LogP contribution >= 0.6 is 0 Å². The molecule has 19 heavy (non-hydrogen) atoms. The zero-order valence-electron chi connectivity index (χ0n) is 13.0. The summed E-state index contributed by atoms with van der Waals surface area (Å²) in [7, 11) is 0. The lowest BCUT2D eigenvalue weighted by atomic mass is 10.1. The van der Waals surface area contributed by atoms with Crippen molar-refractivity contribution in [3.05, 3.63) is 0 Å². The van der Waals surface area contributed by atoms with Crippen LogP contribution in [0.25, 0.3) is 0 Å². The minimum Gasteiger partial charge on any atom is -0.379 e. The minimum absolute atomic E-state index is 0.747. The van der Waals surface area contributed by atoms with Crippen LogP contribution in [0, 0.1) is 0 Å². The first-order chi connectivity index (χ1) is 9.41. The molecule has 0 fully saturated rings. The third-order valence-corrected chi connectivity index (χ3v) is 3.21. The molecule has 3 heteroatoms. The van der Waals surface area contributed by atoms with Gasteiger partial charge in [0.25, 0.3) is 0 Å². The molecule has 0 radical (unpaired) electrons. The molecule has 0 saturated heterocycles. The summed E-state index contributed by atoms with van der Waals surface area (Å²) in [5.41, 5.74) is 5.46. The quantitative estimate of drug-likeness (QED) is 0.434. The van der Waals surface area contributed by atoms with Crippen molar-refractivity contribution < 1.29 is 9.47 Å². The summed E-state index contributed by atoms with van der Waals surface area (Å²) < 4.78 is 10.9. The number of ether oxygens (including phenoxy) is 2. The molecule has 3 nitrogen and oxygen atoms in total. The first kappa shape index (κ1) is 18.9. The summed E-state index contributed by atoms with van der Waals surface area (Å²) in [6.07, 6.45) is 12.9. The van der Waals surface area contributed by atoms with Crippen molar-refractivity contribution in [1.82, 2.24) is 0 Å². The van der Waals surface area contributed by atoms with Crippen LogP contribution in [0.5, 0.6) is 0 Å². The molecule has 0 aromatic heterocycles. The maximum atomic E-state index is 5.52. The Kier molecular flexibility index (Phi) is 17.8. The average Bonchev–Trinajstić information content (AvgIpc) is 2.43. The van der Waals surface area contributed by atoms with Gasteiger partial charge in [0.2, 0.25) is 0 Å². The minimum atomic E-state index is 0.747. The van der Waals surface area contributed by atoms with Crippen molar-refractivity contribution in [3.63, 3.8) is 0 Å². The van der Waals surface area contributed by atoms with E-state index in [4.69, 9.17) is 15.2 Å². The van der Waals surface area contributed by atoms with Gasteiger partial charge in [0.1, 0.15) is 0 Å². The monoisotopic (exact) mass is 273 g/mol. The Morgan fingerprint density at radius 1 is 0.579 bits per heavy atom. The van der Waals surface area contributed by atoms with Crippen molar-refractivity contribution in [1.29, 1.82) is 0 Å². The first-order valence-electron chi connectivity index (χ1n) is 8.27. The molecule has 0 atom stereocenters. The highest BCUT2D eigenvalue weighted by molar-refractivity contribution is 4.48. The number of nitrogens with two attached hydrogens (primary N) is 1. The second kappa shape index (κ2) is 17.9. The second-order valence-corrected chi connectivity index (χ2v) is 5.20. The van der Waals surface area contributed by atoms with E-state index in [1.54, 1.807) is 0 Å². The largest absolute Gasteiger partial charge is 0.379 e. The Bertz CT molecular complexity index is 138. The Morgan fingerprint density at radius 3 is 1.58 bits per heavy atom. The number of unbranched alkanes of at least 4 members (excludes halogenated alkanes) is 8. The standard InChI is InChI=1S/C16H35NO2/c1-2-13-18-15-16-19-14-11-9-7-5-3-4-6-8-10-12-17/h2-17H2,1H3. The van der Waals surface area contributed by atoms with Crippen LogP contribution in [-0.4, -0.2) is 33.0 Å². The van der Waals surface area contributed by atoms with E-state index in [1.165, 1.54) is 57.8 Å². The van der Waals surface area contributed by atoms with Gasteiger partial charge in [-0.2, -0.15) is 0 Å². The van der Waals surface area contributed by atoms with Crippen LogP contribution in [-0.2, 0) is 9.47 Å². The number of hydrogen-bond acceptors (Lipinski definition) is 3. The van der Waals surface area contributed by atoms with Crippen LogP contribution in [0.3, 0.4) is 0 Å². The fourth-order valence-corrected chi connectivity index (χ4v) is 2.05. The molecule has 0 heterocycles. The molecule has 0 unspecified atom stereocenters. The molecule has 0 aromatic rings. The topological polar surface area (TPSA) is 44.5 Å². The molecule has 0 amide bonds. The fraction of sp³-hybridized carbons (Fsp3) is 1.00. The van der Waals surface area contributed by atoms with Crippen molar-refractivity contribution in [3.8, 4) is 0 Å². The number of rotatable bonds is 16. The van der Waals surface area contributed by atoms with Gasteiger partial charge in [-0.15, -0.1) is 0 Å². The second-order valence-electron chi connectivity index (χ2n) is 5.20. The molecule has 0 aliphatic heterocycles. The molecule has 0 aliphatic carbocycles. The van der Waals surface area contributed by atoms with Gasteiger partial charge < -0.3 is 15.2 Å². The van der Waals surface area contributed by atoms with Gasteiger partial charge in [0.05, 0.1) is 13.2 Å². The molecule has 0 rings (SSSR count). The van der Waals surface area contributed by atoms with Crippen LogP contribution in [0.2, 0.25) is 0 Å². The Balaban J connectivity index is 2.88. The SMILES string of the molecule is CCCOCCOCCCCCCCCCCCN. The van der Waals surface area contributed by atoms with E-state index in [1.807, 2.05) is 0 Å². The molecular formula is C16H35NO2. The highest BCUT2D eigenvalue weighted by atomic mass is 16.5. The summed E-state index contributed by atoms with van der Waals surface area (Å²) in [4.78, 5) is 0. The fourth-order valence-electron chi connectivity index (χ4n) is 2.05. The van der Waals surface area contributed by atoms with E-state index in [9.17, 15) is 0 Å². The maximum Gasteiger partial charge on any atom is 0.0700 e. The summed E-state index contributed by atoms with van der Waals surface area (Å²) >= 11 is 0. The van der Waals surface area contributed by atoms with Gasteiger partial charge in [-0.25, -0.2) is 0 Å². The highest BCUT2D eigenvalue weighted by Crippen LogP contribution is 2.09. The van der Waals surface area contributed by atoms with Crippen LogP contribution in [0.15, 0.2) is 0 Å². The van der Waals surface area contributed by atoms with Gasteiger partial charge >= 0.3 is 0 Å². The normalized spacial score (nSPS) is 11.1. The summed E-state index contributed by atoms with van der Waals surface area (Å²) in [5.74, 6) is 0. The zero-order chi connectivity index (χ0) is 14.0. The Hall–Kier alpha value is -0.120. The van der Waals surface area contributed by atoms with E-state index in [0.29, 0.717) is 0 Å². The highest BCUT2D eigenvalue weighted by Gasteiger charge is 1.93. The average molecular weight is 273 g/mol. The predicted octanol–water partition coefficient (Wildman–Crippen LogP) is 3.90. The first-order valence-corrected chi connectivity index (χ1v) is 8.27. The smallest absolute Gasteiger partial charge is 0.0700 e. The summed E-state index contributed by atoms with van der Waals surface area (Å²) in [6.45, 7) is 6.22. The van der Waals surface area contributed by atoms with Gasteiger partial charge in [-0.1, -0.05) is 51.9 Å². The van der Waals surface area contributed by atoms with E-state index in [2.05, 4.69) is 6.92 Å². The van der Waals surface area contributed by atoms with Gasteiger partial charge in [0, 0.05) is 13.2 Å². The van der Waals surface area contributed by atoms with E-state index in [-0.39, 0.29) is 0 Å². The summed E-state index contributed by atoms with van der Waals surface area (Å²) in [6, 6.07) is 0. The lowest BCUT2D eigenvalue weighted by Crippen LogP contribution is -2.05. The van der Waals surface area contributed by atoms with Crippen LogP contribution in [0.4, 0.5) is 0 Å². The Morgan fingerprint density at radius 2 is 1.05 bits per heavy atom. The molecule has 0 aliphatic rings. The van der Waals surface area contributed by atoms with E-state index >= 15 is 0 Å². The lowest BCUT2D eigenvalue weighted by molar-refractivity contribution is 0.0465. The molecule has 0 bridgehead atoms. The molecular weight excluding hydrogens is 238 g/mol. The zero-order valence-corrected chi connectivity index (χ0v) is 13.0. The number of hydrogen-bond donors (Lipinski definition) is 1. The third-order valence-electron chi connectivity index (χ3n) is 3.21. The molecule has 0 saturated carbocycles. The van der Waals surface area contributed by atoms with Crippen molar-refractivity contribution in [2.24, 2.45) is 5.73 Å². The Labute approximate surface area is 120 Å². The van der Waals surface area contributed by atoms with Crippen molar-refractivity contribution >= 4 is 0 Å². The molecule has 2 N–H and O–H groups in total.